The standard InChI is InChI=1S/C26H23BrN2O5/c1-33-25(31)18-10-12-19(13-11-18)28-24(30)23-21-8-5-9-22(27)20(21)14-15-29(23)26(32)34-16-17-6-3-2-4-7-17/h2-13,23H,14-16H2,1H3,(H,28,30)/t23-/m0/s1. The molecule has 1 N–H and O–H groups in total. The van der Waals surface area contributed by atoms with Crippen molar-refractivity contribution in [2.75, 3.05) is 19.0 Å². The Balaban J connectivity index is 1.57. The second-order valence-corrected chi connectivity index (χ2v) is 8.61. The Hall–Kier alpha value is -3.65. The van der Waals surface area contributed by atoms with Gasteiger partial charge in [0.05, 0.1) is 12.7 Å². The van der Waals surface area contributed by atoms with E-state index in [2.05, 4.69) is 21.2 Å². The fourth-order valence-electron chi connectivity index (χ4n) is 3.92. The van der Waals surface area contributed by atoms with Crippen molar-refractivity contribution in [1.29, 1.82) is 0 Å². The maximum atomic E-state index is 13.4. The van der Waals surface area contributed by atoms with Crippen LogP contribution in [-0.4, -0.2) is 36.5 Å². The normalized spacial score (nSPS) is 14.6. The molecule has 0 spiro atoms. The summed E-state index contributed by atoms with van der Waals surface area (Å²) in [4.78, 5) is 39.6. The van der Waals surface area contributed by atoms with Gasteiger partial charge in [0.25, 0.3) is 5.91 Å². The van der Waals surface area contributed by atoms with E-state index in [1.165, 1.54) is 12.0 Å². The fourth-order valence-corrected chi connectivity index (χ4v) is 4.50. The number of hydrogen-bond donors (Lipinski definition) is 1. The number of carbonyl (C=O) groups excluding carboxylic acids is 3. The monoisotopic (exact) mass is 522 g/mol. The number of rotatable bonds is 5. The van der Waals surface area contributed by atoms with E-state index in [1.54, 1.807) is 24.3 Å². The highest BCUT2D eigenvalue weighted by Gasteiger charge is 2.37. The highest BCUT2D eigenvalue weighted by Crippen LogP contribution is 2.35. The summed E-state index contributed by atoms with van der Waals surface area (Å²) in [5, 5.41) is 2.86. The van der Waals surface area contributed by atoms with E-state index in [4.69, 9.17) is 9.47 Å². The van der Waals surface area contributed by atoms with Crippen LogP contribution in [0.4, 0.5) is 10.5 Å². The Morgan fingerprint density at radius 3 is 2.44 bits per heavy atom. The highest BCUT2D eigenvalue weighted by atomic mass is 79.9. The van der Waals surface area contributed by atoms with Gasteiger partial charge in [-0.3, -0.25) is 9.69 Å². The SMILES string of the molecule is COC(=O)c1ccc(NC(=O)[C@@H]2c3cccc(Br)c3CCN2C(=O)OCc2ccccc2)cc1. The maximum Gasteiger partial charge on any atom is 0.411 e. The molecule has 174 valence electrons. The van der Waals surface area contributed by atoms with E-state index in [0.717, 1.165) is 21.2 Å². The number of esters is 1. The molecule has 8 heteroatoms. The van der Waals surface area contributed by atoms with Crippen LogP contribution in [0.5, 0.6) is 0 Å². The van der Waals surface area contributed by atoms with Crippen LogP contribution in [-0.2, 0) is 27.3 Å². The number of nitrogens with one attached hydrogen (secondary N) is 1. The Kier molecular flexibility index (Phi) is 7.27. The van der Waals surface area contributed by atoms with Crippen LogP contribution in [0.1, 0.15) is 33.1 Å². The molecule has 3 aromatic rings. The molecule has 7 nitrogen and oxygen atoms in total. The number of methoxy groups -OCH3 is 1. The van der Waals surface area contributed by atoms with Gasteiger partial charge in [0.1, 0.15) is 12.6 Å². The minimum absolute atomic E-state index is 0.116. The first kappa shape index (κ1) is 23.5. The van der Waals surface area contributed by atoms with Gasteiger partial charge in [-0.1, -0.05) is 58.4 Å². The number of ether oxygens (including phenoxy) is 2. The quantitative estimate of drug-likeness (QED) is 0.470. The molecule has 0 fully saturated rings. The van der Waals surface area contributed by atoms with Crippen molar-refractivity contribution < 1.29 is 23.9 Å². The van der Waals surface area contributed by atoms with Gasteiger partial charge in [-0.2, -0.15) is 0 Å². The van der Waals surface area contributed by atoms with Crippen LogP contribution in [0.3, 0.4) is 0 Å². The van der Waals surface area contributed by atoms with Crippen molar-refractivity contribution in [3.05, 3.63) is 99.5 Å². The lowest BCUT2D eigenvalue weighted by Crippen LogP contribution is -2.45. The Morgan fingerprint density at radius 1 is 1.00 bits per heavy atom. The zero-order chi connectivity index (χ0) is 24.1. The highest BCUT2D eigenvalue weighted by molar-refractivity contribution is 9.10. The minimum Gasteiger partial charge on any atom is -0.465 e. The number of benzene rings is 3. The molecule has 34 heavy (non-hydrogen) atoms. The molecule has 0 radical (unpaired) electrons. The smallest absolute Gasteiger partial charge is 0.411 e. The zero-order valence-corrected chi connectivity index (χ0v) is 20.1. The topological polar surface area (TPSA) is 84.9 Å². The summed E-state index contributed by atoms with van der Waals surface area (Å²) in [6.07, 6.45) is 0.0325. The largest absolute Gasteiger partial charge is 0.465 e. The predicted octanol–water partition coefficient (Wildman–Crippen LogP) is 5.11. The van der Waals surface area contributed by atoms with Gasteiger partial charge >= 0.3 is 12.1 Å². The van der Waals surface area contributed by atoms with Crippen molar-refractivity contribution in [2.45, 2.75) is 19.1 Å². The van der Waals surface area contributed by atoms with Gasteiger partial charge in [-0.05, 0) is 53.4 Å². The second-order valence-electron chi connectivity index (χ2n) is 7.75. The van der Waals surface area contributed by atoms with E-state index < -0.39 is 18.1 Å². The van der Waals surface area contributed by atoms with Crippen molar-refractivity contribution >= 4 is 39.6 Å². The molecular formula is C26H23BrN2O5. The number of fused-ring (bicyclic) bond motifs is 1. The first-order valence-electron chi connectivity index (χ1n) is 10.7. The molecule has 0 saturated carbocycles. The van der Waals surface area contributed by atoms with Gasteiger partial charge in [0.2, 0.25) is 0 Å². The summed E-state index contributed by atoms with van der Waals surface area (Å²) >= 11 is 3.56. The molecule has 1 atom stereocenters. The third kappa shape index (κ3) is 5.12. The summed E-state index contributed by atoms with van der Waals surface area (Å²) in [5.74, 6) is -0.835. The van der Waals surface area contributed by atoms with Crippen molar-refractivity contribution in [1.82, 2.24) is 4.90 Å². The van der Waals surface area contributed by atoms with E-state index in [1.807, 2.05) is 48.5 Å². The number of halogens is 1. The van der Waals surface area contributed by atoms with Gasteiger partial charge in [-0.15, -0.1) is 0 Å². The average molecular weight is 523 g/mol. The molecule has 0 aromatic heterocycles. The lowest BCUT2D eigenvalue weighted by atomic mass is 9.92. The molecule has 3 aromatic carbocycles. The molecule has 0 bridgehead atoms. The second kappa shape index (κ2) is 10.5. The van der Waals surface area contributed by atoms with Crippen LogP contribution in [0.25, 0.3) is 0 Å². The molecular weight excluding hydrogens is 500 g/mol. The summed E-state index contributed by atoms with van der Waals surface area (Å²) in [5.41, 5.74) is 3.45. The van der Waals surface area contributed by atoms with Crippen LogP contribution in [0, 0.1) is 0 Å². The Labute approximate surface area is 205 Å². The summed E-state index contributed by atoms with van der Waals surface area (Å²) < 4.78 is 11.1. The third-order valence-electron chi connectivity index (χ3n) is 5.63. The molecule has 0 saturated heterocycles. The third-order valence-corrected chi connectivity index (χ3v) is 6.37. The van der Waals surface area contributed by atoms with Crippen molar-refractivity contribution in [3.63, 3.8) is 0 Å². The van der Waals surface area contributed by atoms with Gasteiger partial charge in [-0.25, -0.2) is 9.59 Å². The van der Waals surface area contributed by atoms with E-state index in [-0.39, 0.29) is 12.5 Å². The van der Waals surface area contributed by atoms with Crippen molar-refractivity contribution in [2.24, 2.45) is 0 Å². The summed E-state index contributed by atoms with van der Waals surface area (Å²) in [6.45, 7) is 0.452. The van der Waals surface area contributed by atoms with E-state index >= 15 is 0 Å². The molecule has 1 aliphatic rings. The number of amides is 2. The van der Waals surface area contributed by atoms with Gasteiger partial charge < -0.3 is 14.8 Å². The molecule has 1 heterocycles. The lowest BCUT2D eigenvalue weighted by molar-refractivity contribution is -0.121. The number of nitrogens with zero attached hydrogens (tertiary/aromatic N) is 1. The first-order chi connectivity index (χ1) is 16.5. The predicted molar refractivity (Wildman–Crippen MR) is 130 cm³/mol. The van der Waals surface area contributed by atoms with Crippen LogP contribution in [0.15, 0.2) is 77.3 Å². The minimum atomic E-state index is -0.871. The first-order valence-corrected chi connectivity index (χ1v) is 11.5. The summed E-state index contributed by atoms with van der Waals surface area (Å²) in [6, 6.07) is 20.5. The zero-order valence-electron chi connectivity index (χ0n) is 18.5. The average Bonchev–Trinajstić information content (AvgIpc) is 2.87. The van der Waals surface area contributed by atoms with Crippen molar-refractivity contribution in [3.8, 4) is 0 Å². The maximum absolute atomic E-state index is 13.4. The summed E-state index contributed by atoms with van der Waals surface area (Å²) in [7, 11) is 1.31. The number of carbonyl (C=O) groups is 3. The molecule has 1 aliphatic heterocycles. The van der Waals surface area contributed by atoms with Gasteiger partial charge in [0, 0.05) is 16.7 Å². The Morgan fingerprint density at radius 2 is 1.74 bits per heavy atom. The molecule has 0 aliphatic carbocycles. The van der Waals surface area contributed by atoms with Gasteiger partial charge in [0.15, 0.2) is 0 Å². The fraction of sp³-hybridized carbons (Fsp3) is 0.192. The van der Waals surface area contributed by atoms with E-state index in [0.29, 0.717) is 24.2 Å². The number of hydrogen-bond acceptors (Lipinski definition) is 5. The lowest BCUT2D eigenvalue weighted by Gasteiger charge is -2.36. The number of anilines is 1. The molecule has 4 rings (SSSR count). The van der Waals surface area contributed by atoms with Crippen LogP contribution in [0.2, 0.25) is 0 Å². The molecule has 0 unspecified atom stereocenters. The van der Waals surface area contributed by atoms with Crippen LogP contribution >= 0.6 is 15.9 Å². The van der Waals surface area contributed by atoms with E-state index in [9.17, 15) is 14.4 Å². The molecule has 2 amide bonds. The Bertz CT molecular complexity index is 1200. The van der Waals surface area contributed by atoms with Crippen LogP contribution < -0.4 is 5.32 Å².